The van der Waals surface area contributed by atoms with Gasteiger partial charge >= 0.3 is 12.4 Å². The maximum absolute atomic E-state index is 13.7. The van der Waals surface area contributed by atoms with Crippen LogP contribution in [0.2, 0.25) is 15.5 Å². The highest BCUT2D eigenvalue weighted by Crippen LogP contribution is 2.44. The molecule has 0 saturated heterocycles. The number of rotatable bonds is 24. The molecule has 0 atom stereocenters. The summed E-state index contributed by atoms with van der Waals surface area (Å²) in [4.78, 5) is 126. The molecule has 0 radical (unpaired) electrons. The number of hydrogen-bond donors (Lipinski definition) is 6. The van der Waals surface area contributed by atoms with E-state index in [-0.39, 0.29) is 115 Å². The van der Waals surface area contributed by atoms with Gasteiger partial charge in [-0.3, -0.25) is 88.1 Å². The second-order valence-electron chi connectivity index (χ2n) is 42.2. The lowest BCUT2D eigenvalue weighted by atomic mass is 9.85. The lowest BCUT2D eigenvalue weighted by Crippen LogP contribution is -2.44. The summed E-state index contributed by atoms with van der Waals surface area (Å²) < 4.78 is 120. The van der Waals surface area contributed by atoms with E-state index in [0.29, 0.717) is 84.6 Å². The van der Waals surface area contributed by atoms with E-state index in [0.717, 1.165) is 136 Å². The van der Waals surface area contributed by atoms with Crippen LogP contribution in [0.3, 0.4) is 0 Å². The summed E-state index contributed by atoms with van der Waals surface area (Å²) in [5, 5.41) is 16.8. The lowest BCUT2D eigenvalue weighted by molar-refractivity contribution is -0.146. The molecule has 0 bridgehead atoms. The van der Waals surface area contributed by atoms with Crippen molar-refractivity contribution in [3.05, 3.63) is 141 Å². The minimum atomic E-state index is -4.48. The molecule has 4 aliphatic rings. The van der Waals surface area contributed by atoms with Gasteiger partial charge in [-0.2, -0.15) is 26.3 Å². The highest BCUT2D eigenvalue weighted by Gasteiger charge is 2.49. The zero-order chi connectivity index (χ0) is 105. The predicted molar refractivity (Wildman–Crippen MR) is 541 cm³/mol. The van der Waals surface area contributed by atoms with Crippen molar-refractivity contribution in [3.8, 4) is 0 Å². The standard InChI is InChI=1S/C20H22N4O.C18H26N4O2.C17H24N4O.C16H20ClF3N4O.C16H19ClF2N4O.C14H16ClF3N4O/c1-13-6-8-15(9-7-13)11-18(25)23-20-22-17-10-14(2)12-21-19(17)24(20)16-4-3-5-16;1-12-8-10-19-16-15(12)21-17(22(16)13-6-5-7-13)20-14(23)9-11-24-18(2,3)4;1-11-8-9-18-15-14(11)20-16(21(15)12-6-5-7-12)19-13(22)10-17(2,3)4;1-15(2,3)8-4-5-12(25)23-14-21-10-6-7-11(17)22-13(10)24(14)9-16(18,19)20;1-15(2,16(3,18)19)13(24)22-14-20-10-7-8-11(17)21-12(10)23(14)9-5-4-6-9;1-13(2,3)6-10(23)21-12-19-8-4-5-9(15)20-11(8)22(12)7-14(16,17)18/h6-10,12,16H,3-5,11H2,1-2H3,(H,22,23,25);8,10,13H,5-7,9,11H2,1-4H3,(H,20,21,23);8-9,12H,5-7,10H2,1-4H3,(H,19,20,22);6-7H,4-5,8-9H2,1-3H3,(H,21,23,25);7-9H,4-6H2,1-3H3,(H,20,22,24);4-5H,6-7H2,1-3H3,(H,19,21,23). The summed E-state index contributed by atoms with van der Waals surface area (Å²) in [6.07, 6.45) is 12.8. The smallest absolute Gasteiger partial charge is 0.375 e. The lowest BCUT2D eigenvalue weighted by Gasteiger charge is -2.31. The number of benzene rings is 1. The van der Waals surface area contributed by atoms with E-state index >= 15 is 0 Å². The number of fused-ring (bicyclic) bond motifs is 6. The average molecular weight is 2050 g/mol. The van der Waals surface area contributed by atoms with Gasteiger partial charge in [-0.05, 0) is 245 Å². The van der Waals surface area contributed by atoms with E-state index in [1.807, 2.05) is 124 Å². The molecule has 31 nitrogen and oxygen atoms in total. The van der Waals surface area contributed by atoms with Gasteiger partial charge in [-0.1, -0.05) is 127 Å². The molecule has 12 heterocycles. The first-order valence-corrected chi connectivity index (χ1v) is 49.1. The van der Waals surface area contributed by atoms with E-state index in [9.17, 15) is 63.9 Å². The van der Waals surface area contributed by atoms with Gasteiger partial charge in [0.1, 0.15) is 67.1 Å². The number of anilines is 6. The first-order valence-electron chi connectivity index (χ1n) is 47.9. The molecule has 6 N–H and O–H groups in total. The Balaban J connectivity index is 0.000000153. The monoisotopic (exact) mass is 2040 g/mol. The molecule has 4 saturated carbocycles. The number of ether oxygens (including phenoxy) is 1. The minimum Gasteiger partial charge on any atom is -0.375 e. The van der Waals surface area contributed by atoms with Crippen molar-refractivity contribution in [2.75, 3.05) is 38.5 Å². The van der Waals surface area contributed by atoms with Crippen LogP contribution in [0.1, 0.15) is 271 Å². The topological polar surface area (TPSA) is 368 Å². The van der Waals surface area contributed by atoms with Gasteiger partial charge in [0.2, 0.25) is 71.1 Å². The molecule has 0 aliphatic heterocycles. The number of aryl methyl sites for hydroxylation is 4. The molecule has 0 unspecified atom stereocenters. The highest BCUT2D eigenvalue weighted by molar-refractivity contribution is 6.30. The van der Waals surface area contributed by atoms with Crippen LogP contribution in [0, 0.1) is 49.4 Å². The highest BCUT2D eigenvalue weighted by atomic mass is 35.5. The molecule has 42 heteroatoms. The number of alkyl halides is 8. The van der Waals surface area contributed by atoms with Crippen molar-refractivity contribution in [1.82, 2.24) is 87.2 Å². The molecule has 0 spiro atoms. The normalized spacial score (nSPS) is 14.5. The zero-order valence-electron chi connectivity index (χ0n) is 84.2. The Kier molecular flexibility index (Phi) is 34.7. The third-order valence-corrected chi connectivity index (χ3v) is 25.1. The first kappa shape index (κ1) is 110. The van der Waals surface area contributed by atoms with Crippen LogP contribution in [0.4, 0.5) is 70.8 Å². The quantitative estimate of drug-likeness (QED) is 0.0242. The molecule has 770 valence electrons. The van der Waals surface area contributed by atoms with Gasteiger partial charge in [0.25, 0.3) is 5.92 Å². The van der Waals surface area contributed by atoms with E-state index in [1.165, 1.54) is 62.9 Å². The Morgan fingerprint density at radius 1 is 0.385 bits per heavy atom. The fraction of sp³-hybridized carbons (Fsp3) is 0.525. The summed E-state index contributed by atoms with van der Waals surface area (Å²) in [6.45, 7) is 32.9. The van der Waals surface area contributed by atoms with Gasteiger partial charge < -0.3 is 4.74 Å². The third kappa shape index (κ3) is 29.9. The van der Waals surface area contributed by atoms with Crippen LogP contribution in [0.25, 0.3) is 67.0 Å². The molecule has 6 amide bonds. The van der Waals surface area contributed by atoms with Crippen LogP contribution in [-0.2, 0) is 53.0 Å². The Hall–Kier alpha value is -12.0. The first-order chi connectivity index (χ1) is 66.8. The number of amides is 6. The predicted octanol–water partition coefficient (Wildman–Crippen LogP) is 24.7. The molecule has 12 aromatic heterocycles. The Morgan fingerprint density at radius 2 is 0.755 bits per heavy atom. The van der Waals surface area contributed by atoms with Crippen LogP contribution >= 0.6 is 34.8 Å². The van der Waals surface area contributed by atoms with Gasteiger partial charge in [0, 0.05) is 68.9 Å². The second-order valence-corrected chi connectivity index (χ2v) is 43.4. The minimum absolute atomic E-state index is 0.0148. The summed E-state index contributed by atoms with van der Waals surface area (Å²) in [7, 11) is 0. The fourth-order valence-electron chi connectivity index (χ4n) is 15.8. The number of aromatic nitrogens is 18. The molecule has 17 rings (SSSR count). The van der Waals surface area contributed by atoms with Crippen molar-refractivity contribution in [2.45, 2.75) is 315 Å². The van der Waals surface area contributed by atoms with Crippen molar-refractivity contribution in [3.63, 3.8) is 0 Å². The average Bonchev–Trinajstić information content (AvgIpc) is 1.63. The molecule has 4 aliphatic carbocycles. The number of imidazole rings is 6. The van der Waals surface area contributed by atoms with E-state index in [2.05, 4.69) is 147 Å². The molecular formula is C101H127Cl3F8N24O7. The van der Waals surface area contributed by atoms with Gasteiger partial charge in [0.15, 0.2) is 33.9 Å². The van der Waals surface area contributed by atoms with Gasteiger partial charge in [0.05, 0.1) is 25.0 Å². The number of carbonyl (C=O) groups excluding carboxylic acids is 6. The number of nitrogens with one attached hydrogen (secondary N) is 6. The summed E-state index contributed by atoms with van der Waals surface area (Å²) in [6, 6.07) is 24.4. The van der Waals surface area contributed by atoms with Crippen LogP contribution < -0.4 is 31.9 Å². The van der Waals surface area contributed by atoms with Crippen molar-refractivity contribution in [2.24, 2.45) is 21.7 Å². The summed E-state index contributed by atoms with van der Waals surface area (Å²) in [5.41, 5.74) is 9.85. The Morgan fingerprint density at radius 3 is 1.17 bits per heavy atom. The summed E-state index contributed by atoms with van der Waals surface area (Å²) >= 11 is 17.5. The fourth-order valence-corrected chi connectivity index (χ4v) is 16.2. The number of halogens is 11. The Bertz CT molecular complexity index is 6730. The van der Waals surface area contributed by atoms with E-state index in [1.54, 1.807) is 22.9 Å². The van der Waals surface area contributed by atoms with Crippen LogP contribution in [0.5, 0.6) is 0 Å². The third-order valence-electron chi connectivity index (χ3n) is 24.5. The molecular weight excluding hydrogens is 1920 g/mol. The van der Waals surface area contributed by atoms with Crippen LogP contribution in [-0.4, -0.2) is 153 Å². The number of pyridine rings is 6. The van der Waals surface area contributed by atoms with Gasteiger partial charge in [-0.15, -0.1) is 0 Å². The summed E-state index contributed by atoms with van der Waals surface area (Å²) in [5.74, 6) is -3.09. The molecule has 13 aromatic rings. The van der Waals surface area contributed by atoms with Crippen molar-refractivity contribution >= 4 is 173 Å². The second kappa shape index (κ2) is 45.1. The van der Waals surface area contributed by atoms with Crippen molar-refractivity contribution < 1.29 is 68.6 Å². The SMILES string of the molecule is CC(C)(C)CC(=O)Nc1nc2ccc(Cl)nc2n1CC(F)(F)F.CC(C)(C)CCCC(=O)Nc1nc2ccc(Cl)nc2n1CC(F)(F)F.CC(F)(F)C(C)(C)C(=O)Nc1nc2ccc(Cl)nc2n1C1CCC1.Cc1ccc(CC(=O)Nc2nc3cc(C)cnc3n2C2CCC2)cc1.Cc1ccnc2c1nc(NC(=O)CC(C)(C)C)n2C1CCC1.Cc1ccnc2c1nc(NC(=O)CCOC(C)(C)C)n2C1CCC1. The number of hydrogen-bond acceptors (Lipinski definition) is 19. The maximum Gasteiger partial charge on any atom is 0.406 e. The number of nitrogens with zero attached hydrogens (tertiary/aromatic N) is 18. The van der Waals surface area contributed by atoms with Crippen LogP contribution in [0.15, 0.2) is 97.5 Å². The van der Waals surface area contributed by atoms with Gasteiger partial charge in [-0.25, -0.2) is 68.6 Å². The largest absolute Gasteiger partial charge is 0.406 e. The molecule has 4 fully saturated rings. The molecule has 143 heavy (non-hydrogen) atoms. The molecule has 1 aromatic carbocycles. The number of carbonyl (C=O) groups is 6. The van der Waals surface area contributed by atoms with E-state index in [4.69, 9.17) is 39.5 Å². The maximum atomic E-state index is 13.7. The van der Waals surface area contributed by atoms with Crippen molar-refractivity contribution in [1.29, 1.82) is 0 Å². The Labute approximate surface area is 839 Å². The zero-order valence-corrected chi connectivity index (χ0v) is 86.4. The van der Waals surface area contributed by atoms with E-state index < -0.39 is 48.6 Å².